The Morgan fingerprint density at radius 3 is 2.11 bits per heavy atom. The molecule has 2 bridgehead atoms. The predicted octanol–water partition coefficient (Wildman–Crippen LogP) is 2.93. The molecule has 0 aromatic rings. The van der Waals surface area contributed by atoms with E-state index >= 15 is 0 Å². The molecule has 2 rings (SSSR count). The van der Waals surface area contributed by atoms with Crippen LogP contribution in [0.2, 0.25) is 0 Å². The summed E-state index contributed by atoms with van der Waals surface area (Å²) in [6, 6.07) is 0. The summed E-state index contributed by atoms with van der Waals surface area (Å²) < 4.78 is 81.7. The van der Waals surface area contributed by atoms with E-state index in [2.05, 4.69) is 0 Å². The van der Waals surface area contributed by atoms with E-state index in [1.165, 1.54) is 0 Å². The standard InChI is InChI=1S/C10H14F4O3S/c11-9(12,10(13,14)18(15,16)17)5-8-4-6-1-2-7(8)3-6/h6-8H,1-5H2,(H,15,16,17). The minimum atomic E-state index is -6.10. The second-order valence-electron chi connectivity index (χ2n) is 5.34. The molecule has 0 heterocycles. The van der Waals surface area contributed by atoms with E-state index in [1.54, 1.807) is 0 Å². The van der Waals surface area contributed by atoms with Crippen LogP contribution in [0.15, 0.2) is 0 Å². The highest BCUT2D eigenvalue weighted by molar-refractivity contribution is 7.87. The molecule has 18 heavy (non-hydrogen) atoms. The molecule has 8 heteroatoms. The van der Waals surface area contributed by atoms with Crippen LogP contribution >= 0.6 is 0 Å². The van der Waals surface area contributed by atoms with E-state index in [0.29, 0.717) is 12.3 Å². The van der Waals surface area contributed by atoms with E-state index < -0.39 is 33.6 Å². The smallest absolute Gasteiger partial charge is 0.281 e. The third-order valence-electron chi connectivity index (χ3n) is 4.15. The van der Waals surface area contributed by atoms with Gasteiger partial charge < -0.3 is 0 Å². The monoisotopic (exact) mass is 290 g/mol. The normalized spacial score (nSPS) is 33.1. The average molecular weight is 290 g/mol. The van der Waals surface area contributed by atoms with Crippen LogP contribution in [0.1, 0.15) is 32.1 Å². The van der Waals surface area contributed by atoms with Crippen molar-refractivity contribution in [3.63, 3.8) is 0 Å². The Bertz CT molecular complexity index is 434. The number of alkyl halides is 4. The van der Waals surface area contributed by atoms with Gasteiger partial charge in [-0.05, 0) is 37.0 Å². The summed E-state index contributed by atoms with van der Waals surface area (Å²) in [4.78, 5) is 0. The fraction of sp³-hybridized carbons (Fsp3) is 1.00. The summed E-state index contributed by atoms with van der Waals surface area (Å²) in [7, 11) is -6.10. The van der Waals surface area contributed by atoms with E-state index in [4.69, 9.17) is 4.55 Å². The summed E-state index contributed by atoms with van der Waals surface area (Å²) >= 11 is 0. The minimum absolute atomic E-state index is 0.0157. The van der Waals surface area contributed by atoms with Crippen molar-refractivity contribution in [3.05, 3.63) is 0 Å². The summed E-state index contributed by atoms with van der Waals surface area (Å²) in [5.74, 6) is -5.02. The van der Waals surface area contributed by atoms with Crippen molar-refractivity contribution < 1.29 is 30.5 Å². The van der Waals surface area contributed by atoms with Crippen LogP contribution < -0.4 is 0 Å². The van der Waals surface area contributed by atoms with E-state index in [1.807, 2.05) is 0 Å². The van der Waals surface area contributed by atoms with E-state index in [-0.39, 0.29) is 5.92 Å². The Labute approximate surface area is 102 Å². The predicted molar refractivity (Wildman–Crippen MR) is 55.0 cm³/mol. The highest BCUT2D eigenvalue weighted by Gasteiger charge is 2.66. The van der Waals surface area contributed by atoms with Crippen molar-refractivity contribution in [2.75, 3.05) is 0 Å². The zero-order valence-electron chi connectivity index (χ0n) is 9.45. The molecule has 0 amide bonds. The molecule has 0 spiro atoms. The van der Waals surface area contributed by atoms with Crippen molar-refractivity contribution in [3.8, 4) is 0 Å². The van der Waals surface area contributed by atoms with Gasteiger partial charge in [0.25, 0.3) is 0 Å². The zero-order valence-corrected chi connectivity index (χ0v) is 10.3. The molecule has 0 aliphatic heterocycles. The summed E-state index contributed by atoms with van der Waals surface area (Å²) in [6.07, 6.45) is 1.70. The van der Waals surface area contributed by atoms with Crippen LogP contribution in [0.5, 0.6) is 0 Å². The molecule has 3 nitrogen and oxygen atoms in total. The molecule has 1 N–H and O–H groups in total. The lowest BCUT2D eigenvalue weighted by Crippen LogP contribution is -2.48. The lowest BCUT2D eigenvalue weighted by atomic mass is 9.84. The van der Waals surface area contributed by atoms with E-state index in [9.17, 15) is 26.0 Å². The third-order valence-corrected chi connectivity index (χ3v) is 5.10. The van der Waals surface area contributed by atoms with Gasteiger partial charge in [0.05, 0.1) is 0 Å². The lowest BCUT2D eigenvalue weighted by Gasteiger charge is -2.29. The Hall–Kier alpha value is -0.370. The first kappa shape index (κ1) is 14.0. The quantitative estimate of drug-likeness (QED) is 0.640. The van der Waals surface area contributed by atoms with Gasteiger partial charge in [0.15, 0.2) is 0 Å². The molecule has 0 radical (unpaired) electrons. The molecule has 2 aliphatic rings. The van der Waals surface area contributed by atoms with Crippen LogP contribution in [0.3, 0.4) is 0 Å². The number of fused-ring (bicyclic) bond motifs is 2. The van der Waals surface area contributed by atoms with Gasteiger partial charge in [-0.2, -0.15) is 26.0 Å². The average Bonchev–Trinajstić information content (AvgIpc) is 2.76. The van der Waals surface area contributed by atoms with Gasteiger partial charge in [-0.3, -0.25) is 4.55 Å². The van der Waals surface area contributed by atoms with Crippen molar-refractivity contribution >= 4 is 10.1 Å². The van der Waals surface area contributed by atoms with Crippen molar-refractivity contribution in [2.24, 2.45) is 17.8 Å². The fourth-order valence-corrected chi connectivity index (χ4v) is 3.72. The van der Waals surface area contributed by atoms with Crippen LogP contribution in [0.25, 0.3) is 0 Å². The largest absolute Gasteiger partial charge is 0.431 e. The van der Waals surface area contributed by atoms with Gasteiger partial charge in [-0.25, -0.2) is 0 Å². The van der Waals surface area contributed by atoms with Crippen LogP contribution in [0, 0.1) is 17.8 Å². The van der Waals surface area contributed by atoms with Crippen molar-refractivity contribution in [1.29, 1.82) is 0 Å². The number of hydrogen-bond acceptors (Lipinski definition) is 2. The molecular formula is C10H14F4O3S. The topological polar surface area (TPSA) is 54.4 Å². The van der Waals surface area contributed by atoms with Gasteiger partial charge >= 0.3 is 21.3 Å². The molecule has 106 valence electrons. The highest BCUT2D eigenvalue weighted by atomic mass is 32.2. The maximum Gasteiger partial charge on any atom is 0.431 e. The second-order valence-corrected chi connectivity index (χ2v) is 6.80. The molecule has 0 aromatic carbocycles. The maximum absolute atomic E-state index is 13.4. The van der Waals surface area contributed by atoms with Crippen LogP contribution in [-0.2, 0) is 10.1 Å². The third kappa shape index (κ3) is 2.13. The van der Waals surface area contributed by atoms with Crippen molar-refractivity contribution in [2.45, 2.75) is 43.3 Å². The first-order valence-corrected chi connectivity index (χ1v) is 7.21. The van der Waals surface area contributed by atoms with Crippen LogP contribution in [-0.4, -0.2) is 24.1 Å². The van der Waals surface area contributed by atoms with Crippen molar-refractivity contribution in [1.82, 2.24) is 0 Å². The first-order valence-electron chi connectivity index (χ1n) is 5.77. The highest BCUT2D eigenvalue weighted by Crippen LogP contribution is 2.53. The number of halogens is 4. The molecule has 3 atom stereocenters. The Morgan fingerprint density at radius 2 is 1.72 bits per heavy atom. The summed E-state index contributed by atoms with van der Waals surface area (Å²) in [5.41, 5.74) is 0. The summed E-state index contributed by atoms with van der Waals surface area (Å²) in [5, 5.41) is -5.41. The first-order chi connectivity index (χ1) is 8.04. The lowest BCUT2D eigenvalue weighted by molar-refractivity contribution is -0.173. The van der Waals surface area contributed by atoms with Gasteiger partial charge in [0, 0.05) is 6.42 Å². The number of rotatable bonds is 4. The zero-order chi connectivity index (χ0) is 13.8. The Morgan fingerprint density at radius 1 is 1.11 bits per heavy atom. The van der Waals surface area contributed by atoms with Crippen LogP contribution in [0.4, 0.5) is 17.6 Å². The molecule has 2 aliphatic carbocycles. The van der Waals surface area contributed by atoms with Gasteiger partial charge in [0.1, 0.15) is 0 Å². The molecule has 2 saturated carbocycles. The fourth-order valence-electron chi connectivity index (χ4n) is 3.26. The Kier molecular flexibility index (Phi) is 3.17. The molecule has 2 fully saturated rings. The molecule has 0 saturated heterocycles. The molecule has 0 aromatic heterocycles. The number of hydrogen-bond donors (Lipinski definition) is 1. The molecule has 3 unspecified atom stereocenters. The summed E-state index contributed by atoms with van der Waals surface area (Å²) in [6.45, 7) is 0. The molecular weight excluding hydrogens is 276 g/mol. The SMILES string of the molecule is O=S(=O)(O)C(F)(F)C(F)(F)CC1CC2CCC1C2. The maximum atomic E-state index is 13.4. The second kappa shape index (κ2) is 4.06. The Balaban J connectivity index is 2.12. The van der Waals surface area contributed by atoms with Gasteiger partial charge in [0.2, 0.25) is 0 Å². The minimum Gasteiger partial charge on any atom is -0.281 e. The van der Waals surface area contributed by atoms with E-state index in [0.717, 1.165) is 19.3 Å². The van der Waals surface area contributed by atoms with Gasteiger partial charge in [-0.15, -0.1) is 0 Å². The van der Waals surface area contributed by atoms with Gasteiger partial charge in [-0.1, -0.05) is 6.42 Å².